The average molecular weight is 384 g/mol. The van der Waals surface area contributed by atoms with Crippen molar-refractivity contribution in [2.75, 3.05) is 32.8 Å². The summed E-state index contributed by atoms with van der Waals surface area (Å²) >= 11 is 0. The Hall–Kier alpha value is -2.38. The zero-order valence-electron chi connectivity index (χ0n) is 15.9. The number of rotatable bonds is 11. The first-order chi connectivity index (χ1) is 13.7. The molecule has 3 aromatic rings. The molecule has 0 saturated heterocycles. The van der Waals surface area contributed by atoms with Crippen LogP contribution >= 0.6 is 0 Å². The Kier molecular flexibility index (Phi) is 7.45. The third kappa shape index (κ3) is 5.81. The van der Waals surface area contributed by atoms with Gasteiger partial charge in [-0.05, 0) is 29.7 Å². The number of fused-ring (bicyclic) bond motifs is 1. The maximum atomic E-state index is 10.5. The second-order valence-corrected chi connectivity index (χ2v) is 6.94. The van der Waals surface area contributed by atoms with Crippen LogP contribution in [0.5, 0.6) is 5.75 Å². The minimum Gasteiger partial charge on any atom is -0.491 e. The van der Waals surface area contributed by atoms with Crippen molar-refractivity contribution in [1.82, 2.24) is 9.47 Å². The van der Waals surface area contributed by atoms with Gasteiger partial charge in [-0.1, -0.05) is 36.4 Å². The summed E-state index contributed by atoms with van der Waals surface area (Å²) in [6.07, 6.45) is 0.628. The lowest BCUT2D eigenvalue weighted by Crippen LogP contribution is -2.42. The molecule has 150 valence electrons. The molecule has 0 fully saturated rings. The lowest BCUT2D eigenvalue weighted by Gasteiger charge is -2.27. The van der Waals surface area contributed by atoms with Crippen LogP contribution in [-0.4, -0.2) is 69.8 Å². The zero-order valence-corrected chi connectivity index (χ0v) is 15.9. The number of hydrogen-bond donors (Lipinski definition) is 3. The second-order valence-electron chi connectivity index (χ2n) is 6.94. The molecule has 0 bridgehead atoms. The minimum absolute atomic E-state index is 0.0363. The predicted molar refractivity (Wildman–Crippen MR) is 109 cm³/mol. The molecule has 0 aliphatic rings. The van der Waals surface area contributed by atoms with Gasteiger partial charge < -0.3 is 24.6 Å². The largest absolute Gasteiger partial charge is 0.491 e. The molecule has 1 aromatic heterocycles. The van der Waals surface area contributed by atoms with Crippen molar-refractivity contribution in [3.05, 3.63) is 66.9 Å². The fourth-order valence-corrected chi connectivity index (χ4v) is 3.34. The monoisotopic (exact) mass is 384 g/mol. The molecule has 0 unspecified atom stereocenters. The van der Waals surface area contributed by atoms with Crippen molar-refractivity contribution < 1.29 is 20.1 Å². The van der Waals surface area contributed by atoms with E-state index in [-0.39, 0.29) is 13.2 Å². The Bertz CT molecular complexity index is 837. The molecule has 6 heteroatoms. The molecule has 0 spiro atoms. The van der Waals surface area contributed by atoms with Crippen molar-refractivity contribution in [2.45, 2.75) is 18.8 Å². The Balaban J connectivity index is 1.51. The molecule has 0 aliphatic carbocycles. The number of ether oxygens (including phenoxy) is 1. The molecular weight excluding hydrogens is 356 g/mol. The maximum absolute atomic E-state index is 10.5. The van der Waals surface area contributed by atoms with E-state index in [0.717, 1.165) is 10.9 Å². The topological polar surface area (TPSA) is 78.1 Å². The summed E-state index contributed by atoms with van der Waals surface area (Å²) in [5.41, 5.74) is 1.08. The van der Waals surface area contributed by atoms with Gasteiger partial charge in [-0.25, -0.2) is 0 Å². The van der Waals surface area contributed by atoms with Crippen molar-refractivity contribution in [1.29, 1.82) is 0 Å². The number of aliphatic hydroxyl groups excluding tert-OH is 3. The van der Waals surface area contributed by atoms with Crippen LogP contribution in [0, 0.1) is 0 Å². The second kappa shape index (κ2) is 10.2. The molecule has 0 radical (unpaired) electrons. The van der Waals surface area contributed by atoms with Gasteiger partial charge in [0.05, 0.1) is 12.7 Å². The van der Waals surface area contributed by atoms with Gasteiger partial charge >= 0.3 is 0 Å². The third-order valence-electron chi connectivity index (χ3n) is 4.63. The summed E-state index contributed by atoms with van der Waals surface area (Å²) in [6.45, 7) is 1.62. The van der Waals surface area contributed by atoms with Gasteiger partial charge in [0, 0.05) is 37.9 Å². The molecule has 3 rings (SSSR count). The summed E-state index contributed by atoms with van der Waals surface area (Å²) in [5.74, 6) is 0.703. The van der Waals surface area contributed by atoms with E-state index in [2.05, 4.69) is 0 Å². The first-order valence-electron chi connectivity index (χ1n) is 9.57. The van der Waals surface area contributed by atoms with Crippen molar-refractivity contribution in [3.63, 3.8) is 0 Å². The van der Waals surface area contributed by atoms with Crippen LogP contribution in [-0.2, 0) is 6.54 Å². The van der Waals surface area contributed by atoms with Crippen LogP contribution in [0.25, 0.3) is 10.9 Å². The smallest absolute Gasteiger partial charge is 0.119 e. The van der Waals surface area contributed by atoms with Gasteiger partial charge in [0.1, 0.15) is 18.5 Å². The zero-order chi connectivity index (χ0) is 19.8. The molecule has 0 amide bonds. The van der Waals surface area contributed by atoms with Crippen LogP contribution in [0.2, 0.25) is 0 Å². The van der Waals surface area contributed by atoms with E-state index in [1.54, 1.807) is 0 Å². The lowest BCUT2D eigenvalue weighted by molar-refractivity contribution is 0.0351. The molecule has 0 aliphatic heterocycles. The fraction of sp³-hybridized carbons (Fsp3) is 0.364. The van der Waals surface area contributed by atoms with Crippen LogP contribution < -0.4 is 4.74 Å². The number of para-hydroxylation sites is 2. The standard InChI is InChI=1S/C22H28N2O4/c25-13-12-23(15-20(27)17-28-21-7-2-1-3-8-21)14-19(26)16-24-11-10-18-6-4-5-9-22(18)24/h1-11,19-20,25-27H,12-17H2/t19-,20-/m1/s1. The van der Waals surface area contributed by atoms with E-state index in [1.807, 2.05) is 76.3 Å². The summed E-state index contributed by atoms with van der Waals surface area (Å²) < 4.78 is 7.60. The van der Waals surface area contributed by atoms with Crippen LogP contribution in [0.15, 0.2) is 66.9 Å². The first kappa shape index (κ1) is 20.4. The molecule has 3 N–H and O–H groups in total. The summed E-state index contributed by atoms with van der Waals surface area (Å²) in [5, 5.41) is 31.3. The summed E-state index contributed by atoms with van der Waals surface area (Å²) in [6, 6.07) is 19.4. The van der Waals surface area contributed by atoms with Crippen LogP contribution in [0.1, 0.15) is 0 Å². The maximum Gasteiger partial charge on any atom is 0.119 e. The summed E-state index contributed by atoms with van der Waals surface area (Å²) in [7, 11) is 0. The van der Waals surface area contributed by atoms with Crippen molar-refractivity contribution in [3.8, 4) is 5.75 Å². The van der Waals surface area contributed by atoms with E-state index >= 15 is 0 Å². The van der Waals surface area contributed by atoms with E-state index in [4.69, 9.17) is 4.74 Å². The number of aliphatic hydroxyl groups is 3. The Labute approximate surface area is 165 Å². The van der Waals surface area contributed by atoms with Crippen molar-refractivity contribution in [2.24, 2.45) is 0 Å². The molecule has 2 aromatic carbocycles. The molecule has 1 heterocycles. The van der Waals surface area contributed by atoms with E-state index < -0.39 is 12.2 Å². The first-order valence-corrected chi connectivity index (χ1v) is 9.57. The van der Waals surface area contributed by atoms with E-state index in [9.17, 15) is 15.3 Å². The normalized spacial score (nSPS) is 13.7. The Morgan fingerprint density at radius 2 is 1.61 bits per heavy atom. The number of nitrogens with zero attached hydrogens (tertiary/aromatic N) is 2. The molecular formula is C22H28N2O4. The van der Waals surface area contributed by atoms with Gasteiger partial charge in [-0.3, -0.25) is 4.90 Å². The fourth-order valence-electron chi connectivity index (χ4n) is 3.34. The highest BCUT2D eigenvalue weighted by Crippen LogP contribution is 2.15. The Morgan fingerprint density at radius 1 is 0.893 bits per heavy atom. The molecule has 6 nitrogen and oxygen atoms in total. The van der Waals surface area contributed by atoms with E-state index in [1.165, 1.54) is 0 Å². The SMILES string of the molecule is OCCN(C[C@@H](O)Cn1ccc2ccccc21)C[C@@H](O)COc1ccccc1. The number of benzene rings is 2. The van der Waals surface area contributed by atoms with Gasteiger partial charge in [0.25, 0.3) is 0 Å². The van der Waals surface area contributed by atoms with Gasteiger partial charge in [0.2, 0.25) is 0 Å². The quantitative estimate of drug-likeness (QED) is 0.469. The summed E-state index contributed by atoms with van der Waals surface area (Å²) in [4.78, 5) is 1.86. The number of aromatic nitrogens is 1. The van der Waals surface area contributed by atoms with Crippen LogP contribution in [0.3, 0.4) is 0 Å². The molecule has 0 saturated carbocycles. The van der Waals surface area contributed by atoms with Gasteiger partial charge in [0.15, 0.2) is 0 Å². The van der Waals surface area contributed by atoms with E-state index in [0.29, 0.717) is 31.9 Å². The lowest BCUT2D eigenvalue weighted by atomic mass is 10.2. The highest BCUT2D eigenvalue weighted by Gasteiger charge is 2.17. The number of hydrogen-bond acceptors (Lipinski definition) is 5. The average Bonchev–Trinajstić information content (AvgIpc) is 3.10. The third-order valence-corrected chi connectivity index (χ3v) is 4.63. The minimum atomic E-state index is -0.716. The Morgan fingerprint density at radius 3 is 2.39 bits per heavy atom. The van der Waals surface area contributed by atoms with Gasteiger partial charge in [-0.2, -0.15) is 0 Å². The highest BCUT2D eigenvalue weighted by atomic mass is 16.5. The van der Waals surface area contributed by atoms with Crippen LogP contribution in [0.4, 0.5) is 0 Å². The molecule has 2 atom stereocenters. The van der Waals surface area contributed by atoms with Crippen molar-refractivity contribution >= 4 is 10.9 Å². The molecule has 28 heavy (non-hydrogen) atoms. The highest BCUT2D eigenvalue weighted by molar-refractivity contribution is 5.79. The predicted octanol–water partition coefficient (Wildman–Crippen LogP) is 1.74. The van der Waals surface area contributed by atoms with Gasteiger partial charge in [-0.15, -0.1) is 0 Å².